The van der Waals surface area contributed by atoms with E-state index in [0.29, 0.717) is 17.2 Å². The number of aldehydes is 1. The highest BCUT2D eigenvalue weighted by Crippen LogP contribution is 2.38. The third-order valence-corrected chi connectivity index (χ3v) is 3.35. The van der Waals surface area contributed by atoms with E-state index in [9.17, 15) is 4.79 Å². The minimum atomic E-state index is 0.546. The van der Waals surface area contributed by atoms with Crippen molar-refractivity contribution in [3.8, 4) is 11.5 Å². The molecule has 0 bridgehead atoms. The number of thiophene rings is 1. The summed E-state index contributed by atoms with van der Waals surface area (Å²) in [4.78, 5) is 11.6. The Hall–Kier alpha value is -1.55. The first-order chi connectivity index (χ1) is 7.80. The molecule has 2 rings (SSSR count). The number of ether oxygens (including phenoxy) is 2. The first kappa shape index (κ1) is 11.0. The summed E-state index contributed by atoms with van der Waals surface area (Å²) in [5.74, 6) is 1.43. The molecule has 16 heavy (non-hydrogen) atoms. The van der Waals surface area contributed by atoms with Crippen LogP contribution in [0, 0.1) is 0 Å². The Bertz CT molecular complexity index is 516. The zero-order chi connectivity index (χ0) is 11.5. The van der Waals surface area contributed by atoms with Gasteiger partial charge in [-0.3, -0.25) is 4.79 Å². The zero-order valence-electron chi connectivity index (χ0n) is 9.15. The number of benzene rings is 1. The van der Waals surface area contributed by atoms with Gasteiger partial charge in [0.15, 0.2) is 6.29 Å². The van der Waals surface area contributed by atoms with Crippen LogP contribution in [0.2, 0.25) is 0 Å². The Morgan fingerprint density at radius 1 is 1.44 bits per heavy atom. The van der Waals surface area contributed by atoms with Crippen LogP contribution >= 0.6 is 11.3 Å². The molecule has 3 nitrogen and oxygen atoms in total. The molecule has 0 amide bonds. The van der Waals surface area contributed by atoms with Gasteiger partial charge in [0.1, 0.15) is 16.4 Å². The van der Waals surface area contributed by atoms with E-state index in [2.05, 4.69) is 0 Å². The summed E-state index contributed by atoms with van der Waals surface area (Å²) in [6, 6.07) is 5.71. The molecule has 1 heterocycles. The zero-order valence-corrected chi connectivity index (χ0v) is 9.97. The van der Waals surface area contributed by atoms with Gasteiger partial charge in [0.05, 0.1) is 13.7 Å². The maximum Gasteiger partial charge on any atom is 0.163 e. The number of methoxy groups -OCH3 is 1. The molecule has 0 unspecified atom stereocenters. The lowest BCUT2D eigenvalue weighted by molar-refractivity contribution is 0.112. The quantitative estimate of drug-likeness (QED) is 0.765. The van der Waals surface area contributed by atoms with Gasteiger partial charge in [-0.25, -0.2) is 0 Å². The lowest BCUT2D eigenvalue weighted by Crippen LogP contribution is -1.92. The predicted molar refractivity (Wildman–Crippen MR) is 64.9 cm³/mol. The lowest BCUT2D eigenvalue weighted by Gasteiger charge is -2.03. The Morgan fingerprint density at radius 3 is 2.88 bits per heavy atom. The summed E-state index contributed by atoms with van der Waals surface area (Å²) in [5.41, 5.74) is 0. The van der Waals surface area contributed by atoms with Gasteiger partial charge >= 0.3 is 0 Å². The smallest absolute Gasteiger partial charge is 0.163 e. The van der Waals surface area contributed by atoms with Crippen LogP contribution in [0.25, 0.3) is 10.1 Å². The van der Waals surface area contributed by atoms with Crippen LogP contribution in [0.4, 0.5) is 0 Å². The van der Waals surface area contributed by atoms with Crippen molar-refractivity contribution in [1.82, 2.24) is 0 Å². The van der Waals surface area contributed by atoms with Crippen molar-refractivity contribution >= 4 is 27.7 Å². The van der Waals surface area contributed by atoms with Crippen LogP contribution in [0.3, 0.4) is 0 Å². The van der Waals surface area contributed by atoms with Crippen molar-refractivity contribution < 1.29 is 14.3 Å². The number of rotatable bonds is 4. The van der Waals surface area contributed by atoms with Crippen LogP contribution in [-0.2, 0) is 0 Å². The number of hydrogen-bond donors (Lipinski definition) is 0. The molecule has 0 radical (unpaired) electrons. The van der Waals surface area contributed by atoms with Crippen LogP contribution in [0.1, 0.15) is 16.6 Å². The van der Waals surface area contributed by atoms with Gasteiger partial charge in [-0.1, -0.05) is 0 Å². The molecule has 0 aliphatic rings. The van der Waals surface area contributed by atoms with Crippen LogP contribution in [0.15, 0.2) is 18.2 Å². The molecule has 0 aliphatic carbocycles. The molecule has 0 saturated carbocycles. The van der Waals surface area contributed by atoms with Crippen LogP contribution in [-0.4, -0.2) is 20.0 Å². The van der Waals surface area contributed by atoms with E-state index in [-0.39, 0.29) is 0 Å². The molecule has 0 saturated heterocycles. The third-order valence-electron chi connectivity index (χ3n) is 2.27. The van der Waals surface area contributed by atoms with Crippen molar-refractivity contribution in [2.24, 2.45) is 0 Å². The summed E-state index contributed by atoms with van der Waals surface area (Å²) in [5, 5.41) is 0.938. The van der Waals surface area contributed by atoms with Gasteiger partial charge in [-0.15, -0.1) is 11.3 Å². The molecular formula is C12H12O3S. The van der Waals surface area contributed by atoms with Crippen molar-refractivity contribution in [2.45, 2.75) is 6.92 Å². The molecule has 0 fully saturated rings. The van der Waals surface area contributed by atoms with Gasteiger partial charge in [0.25, 0.3) is 0 Å². The fourth-order valence-electron chi connectivity index (χ4n) is 1.57. The third kappa shape index (κ3) is 1.76. The molecule has 2 aromatic rings. The van der Waals surface area contributed by atoms with Gasteiger partial charge in [-0.05, 0) is 25.1 Å². The van der Waals surface area contributed by atoms with Gasteiger partial charge in [0.2, 0.25) is 0 Å². The topological polar surface area (TPSA) is 35.5 Å². The number of fused-ring (bicyclic) bond motifs is 1. The Kier molecular flexibility index (Phi) is 3.10. The Morgan fingerprint density at radius 2 is 2.25 bits per heavy atom. The molecule has 0 atom stereocenters. The van der Waals surface area contributed by atoms with Crippen molar-refractivity contribution in [2.75, 3.05) is 13.7 Å². The van der Waals surface area contributed by atoms with Gasteiger partial charge in [0, 0.05) is 10.1 Å². The van der Waals surface area contributed by atoms with E-state index in [1.807, 2.05) is 25.1 Å². The van der Waals surface area contributed by atoms with Gasteiger partial charge in [-0.2, -0.15) is 0 Å². The number of carbonyl (C=O) groups excluding carboxylic acids is 1. The summed E-state index contributed by atoms with van der Waals surface area (Å²) in [6.45, 7) is 2.45. The monoisotopic (exact) mass is 236 g/mol. The van der Waals surface area contributed by atoms with Crippen molar-refractivity contribution in [1.29, 1.82) is 0 Å². The highest BCUT2D eigenvalue weighted by Gasteiger charge is 2.13. The molecule has 1 aromatic heterocycles. The summed E-state index contributed by atoms with van der Waals surface area (Å²) >= 11 is 1.43. The largest absolute Gasteiger partial charge is 0.497 e. The van der Waals surface area contributed by atoms with Crippen molar-refractivity contribution in [3.63, 3.8) is 0 Å². The van der Waals surface area contributed by atoms with Crippen LogP contribution < -0.4 is 9.47 Å². The fraction of sp³-hybridized carbons (Fsp3) is 0.250. The highest BCUT2D eigenvalue weighted by atomic mass is 32.1. The van der Waals surface area contributed by atoms with E-state index < -0.39 is 0 Å². The summed E-state index contributed by atoms with van der Waals surface area (Å²) in [7, 11) is 1.62. The van der Waals surface area contributed by atoms with Crippen molar-refractivity contribution in [3.05, 3.63) is 23.1 Å². The normalized spacial score (nSPS) is 10.4. The standard InChI is InChI=1S/C12H12O3S/c1-3-15-12-9-6-8(14-2)4-5-10(9)16-11(12)7-13/h4-7H,3H2,1-2H3. The Balaban J connectivity index is 2.65. The molecule has 0 spiro atoms. The average molecular weight is 236 g/mol. The molecule has 0 N–H and O–H groups in total. The highest BCUT2D eigenvalue weighted by molar-refractivity contribution is 7.21. The first-order valence-electron chi connectivity index (χ1n) is 4.98. The van der Waals surface area contributed by atoms with E-state index in [1.165, 1.54) is 11.3 Å². The molecule has 0 aliphatic heterocycles. The minimum Gasteiger partial charge on any atom is -0.497 e. The second-order valence-electron chi connectivity index (χ2n) is 3.21. The summed E-state index contributed by atoms with van der Waals surface area (Å²) in [6.07, 6.45) is 0.835. The molecule has 84 valence electrons. The summed E-state index contributed by atoms with van der Waals surface area (Å²) < 4.78 is 11.7. The molecule has 4 heteroatoms. The van der Waals surface area contributed by atoms with E-state index in [1.54, 1.807) is 7.11 Å². The number of hydrogen-bond acceptors (Lipinski definition) is 4. The second kappa shape index (κ2) is 4.53. The van der Waals surface area contributed by atoms with Crippen LogP contribution in [0.5, 0.6) is 11.5 Å². The average Bonchev–Trinajstić information content (AvgIpc) is 2.67. The predicted octanol–water partition coefficient (Wildman–Crippen LogP) is 3.12. The maximum absolute atomic E-state index is 10.9. The second-order valence-corrected chi connectivity index (χ2v) is 4.29. The molecule has 1 aromatic carbocycles. The fourth-order valence-corrected chi connectivity index (χ4v) is 2.52. The lowest BCUT2D eigenvalue weighted by atomic mass is 10.2. The van der Waals surface area contributed by atoms with E-state index >= 15 is 0 Å². The number of carbonyl (C=O) groups is 1. The van der Waals surface area contributed by atoms with Gasteiger partial charge < -0.3 is 9.47 Å². The Labute approximate surface area is 97.6 Å². The maximum atomic E-state index is 10.9. The van der Waals surface area contributed by atoms with E-state index in [4.69, 9.17) is 9.47 Å². The van der Waals surface area contributed by atoms with E-state index in [0.717, 1.165) is 22.1 Å². The first-order valence-corrected chi connectivity index (χ1v) is 5.80. The molecular weight excluding hydrogens is 224 g/mol. The minimum absolute atomic E-state index is 0.546. The SMILES string of the molecule is CCOc1c(C=O)sc2ccc(OC)cc12.